The van der Waals surface area contributed by atoms with E-state index in [1.807, 2.05) is 18.2 Å². The number of rotatable bonds is 0. The lowest BCUT2D eigenvalue weighted by Crippen LogP contribution is -2.02. The summed E-state index contributed by atoms with van der Waals surface area (Å²) in [4.78, 5) is 12.8. The summed E-state index contributed by atoms with van der Waals surface area (Å²) in [5, 5.41) is 0.765. The second-order valence-corrected chi connectivity index (χ2v) is 4.67. The Morgan fingerprint density at radius 2 is 1.79 bits per heavy atom. The molecule has 2 heterocycles. The summed E-state index contributed by atoms with van der Waals surface area (Å²) in [7, 11) is 0. The van der Waals surface area contributed by atoms with Crippen molar-refractivity contribution in [1.82, 2.24) is 15.0 Å². The first-order chi connectivity index (χ1) is 9.22. The van der Waals surface area contributed by atoms with Crippen molar-refractivity contribution >= 4 is 22.8 Å². The zero-order valence-corrected chi connectivity index (χ0v) is 10.1. The quantitative estimate of drug-likeness (QED) is 0.495. The highest BCUT2D eigenvalue weighted by Gasteiger charge is 2.21. The molecule has 19 heavy (non-hydrogen) atoms. The Kier molecular flexibility index (Phi) is 1.84. The molecule has 1 aromatic carbocycles. The molecule has 0 aliphatic heterocycles. The van der Waals surface area contributed by atoms with Gasteiger partial charge < -0.3 is 11.5 Å². The second kappa shape index (κ2) is 3.41. The molecule has 0 spiro atoms. The van der Waals surface area contributed by atoms with Gasteiger partial charge in [-0.1, -0.05) is 24.3 Å². The van der Waals surface area contributed by atoms with Crippen LogP contribution in [-0.2, 0) is 6.42 Å². The highest BCUT2D eigenvalue weighted by molar-refractivity contribution is 5.90. The molecule has 0 radical (unpaired) electrons. The summed E-state index contributed by atoms with van der Waals surface area (Å²) in [6.45, 7) is 0. The second-order valence-electron chi connectivity index (χ2n) is 4.67. The van der Waals surface area contributed by atoms with Crippen molar-refractivity contribution in [2.75, 3.05) is 11.5 Å². The van der Waals surface area contributed by atoms with Crippen LogP contribution in [0.5, 0.6) is 0 Å². The van der Waals surface area contributed by atoms with Crippen molar-refractivity contribution in [3.8, 4) is 11.3 Å². The van der Waals surface area contributed by atoms with Gasteiger partial charge in [-0.15, -0.1) is 0 Å². The minimum Gasteiger partial charge on any atom is -0.383 e. The maximum Gasteiger partial charge on any atom is 0.224 e. The van der Waals surface area contributed by atoms with E-state index in [0.717, 1.165) is 28.6 Å². The highest BCUT2D eigenvalue weighted by atomic mass is 15.1. The van der Waals surface area contributed by atoms with E-state index < -0.39 is 0 Å². The molecule has 0 saturated heterocycles. The summed E-state index contributed by atoms with van der Waals surface area (Å²) in [5.74, 6) is 0.539. The van der Waals surface area contributed by atoms with Gasteiger partial charge in [-0.25, -0.2) is 4.98 Å². The fourth-order valence-electron chi connectivity index (χ4n) is 2.61. The first kappa shape index (κ1) is 10.3. The predicted octanol–water partition coefficient (Wildman–Crippen LogP) is 1.76. The number of nitrogens with two attached hydrogens (primary N) is 2. The predicted molar refractivity (Wildman–Crippen MR) is 74.4 cm³/mol. The summed E-state index contributed by atoms with van der Waals surface area (Å²) in [6, 6.07) is 10.3. The van der Waals surface area contributed by atoms with Crippen molar-refractivity contribution in [2.45, 2.75) is 6.42 Å². The fraction of sp³-hybridized carbons (Fsp3) is 0.0714. The van der Waals surface area contributed by atoms with Gasteiger partial charge in [-0.2, -0.15) is 9.97 Å². The van der Waals surface area contributed by atoms with Crippen molar-refractivity contribution in [2.24, 2.45) is 0 Å². The Bertz CT molecular complexity index is 825. The minimum absolute atomic E-state index is 0.156. The molecular formula is C14H11N5. The van der Waals surface area contributed by atoms with Gasteiger partial charge in [-0.05, 0) is 17.2 Å². The van der Waals surface area contributed by atoms with Crippen LogP contribution in [-0.4, -0.2) is 15.0 Å². The van der Waals surface area contributed by atoms with Crippen LogP contribution in [0.3, 0.4) is 0 Å². The molecule has 5 nitrogen and oxygen atoms in total. The molecule has 4 rings (SSSR count). The van der Waals surface area contributed by atoms with Crippen molar-refractivity contribution in [3.05, 3.63) is 41.5 Å². The van der Waals surface area contributed by atoms with Crippen LogP contribution in [0.2, 0.25) is 0 Å². The summed E-state index contributed by atoms with van der Waals surface area (Å²) < 4.78 is 0. The van der Waals surface area contributed by atoms with Gasteiger partial charge in [0.15, 0.2) is 5.65 Å². The number of hydrogen-bond acceptors (Lipinski definition) is 5. The lowest BCUT2D eigenvalue weighted by atomic mass is 10.1. The topological polar surface area (TPSA) is 90.7 Å². The molecular weight excluding hydrogens is 238 g/mol. The fourth-order valence-corrected chi connectivity index (χ4v) is 2.61. The van der Waals surface area contributed by atoms with E-state index >= 15 is 0 Å². The van der Waals surface area contributed by atoms with E-state index in [4.69, 9.17) is 11.5 Å². The molecule has 1 aliphatic rings. The zero-order valence-electron chi connectivity index (χ0n) is 10.1. The molecule has 0 fully saturated rings. The van der Waals surface area contributed by atoms with E-state index in [2.05, 4.69) is 27.1 Å². The third kappa shape index (κ3) is 1.38. The Hall–Kier alpha value is -2.69. The number of fused-ring (bicyclic) bond motifs is 4. The van der Waals surface area contributed by atoms with Crippen LogP contribution >= 0.6 is 0 Å². The first-order valence-corrected chi connectivity index (χ1v) is 6.03. The smallest absolute Gasteiger partial charge is 0.224 e. The number of nitrogens with zero attached hydrogens (tertiary/aromatic N) is 3. The normalized spacial score (nSPS) is 12.4. The Morgan fingerprint density at radius 3 is 2.68 bits per heavy atom. The van der Waals surface area contributed by atoms with Crippen LogP contribution in [0, 0.1) is 0 Å². The molecule has 0 atom stereocenters. The van der Waals surface area contributed by atoms with Gasteiger partial charge >= 0.3 is 0 Å². The first-order valence-electron chi connectivity index (χ1n) is 6.03. The highest BCUT2D eigenvalue weighted by Crippen LogP contribution is 2.36. The minimum atomic E-state index is 0.156. The van der Waals surface area contributed by atoms with Crippen LogP contribution < -0.4 is 11.5 Å². The number of aromatic nitrogens is 3. The number of benzene rings is 1. The Balaban J connectivity index is 2.07. The number of hydrogen-bond donors (Lipinski definition) is 2. The molecule has 2 aromatic heterocycles. The molecule has 3 aromatic rings. The standard InChI is InChI=1S/C14H11N5/c15-12-10-6-8-5-7-3-1-2-4-9(7)11(8)17-13(10)19-14(16)18-12/h1-4,6H,5H2,(H4,15,16,17,18,19). The molecule has 0 unspecified atom stereocenters. The third-order valence-corrected chi connectivity index (χ3v) is 3.47. The van der Waals surface area contributed by atoms with Gasteiger partial charge in [0, 0.05) is 12.0 Å². The van der Waals surface area contributed by atoms with Crippen LogP contribution in [0.15, 0.2) is 30.3 Å². The SMILES string of the molecule is Nc1nc(N)c2cc3c(nc2n1)-c1ccccc1C3. The maximum absolute atomic E-state index is 5.89. The van der Waals surface area contributed by atoms with Crippen molar-refractivity contribution < 1.29 is 0 Å². The molecule has 1 aliphatic carbocycles. The lowest BCUT2D eigenvalue weighted by Gasteiger charge is -2.05. The summed E-state index contributed by atoms with van der Waals surface area (Å²) in [5.41, 5.74) is 16.6. The van der Waals surface area contributed by atoms with E-state index in [1.54, 1.807) is 0 Å². The third-order valence-electron chi connectivity index (χ3n) is 3.47. The molecule has 92 valence electrons. The summed E-state index contributed by atoms with van der Waals surface area (Å²) >= 11 is 0. The van der Waals surface area contributed by atoms with Gasteiger partial charge in [0.2, 0.25) is 5.95 Å². The molecule has 0 saturated carbocycles. The zero-order chi connectivity index (χ0) is 13.0. The number of anilines is 2. The summed E-state index contributed by atoms with van der Waals surface area (Å²) in [6.07, 6.45) is 0.873. The van der Waals surface area contributed by atoms with Crippen LogP contribution in [0.25, 0.3) is 22.3 Å². The van der Waals surface area contributed by atoms with Gasteiger partial charge in [0.1, 0.15) is 5.82 Å². The molecule has 4 N–H and O–H groups in total. The average Bonchev–Trinajstić information content (AvgIpc) is 2.74. The lowest BCUT2D eigenvalue weighted by molar-refractivity contribution is 1.19. The van der Waals surface area contributed by atoms with E-state index in [9.17, 15) is 0 Å². The van der Waals surface area contributed by atoms with Crippen molar-refractivity contribution in [1.29, 1.82) is 0 Å². The Labute approximate surface area is 109 Å². The largest absolute Gasteiger partial charge is 0.383 e. The van der Waals surface area contributed by atoms with Crippen LogP contribution in [0.4, 0.5) is 11.8 Å². The maximum atomic E-state index is 5.89. The van der Waals surface area contributed by atoms with Gasteiger partial charge in [-0.3, -0.25) is 0 Å². The van der Waals surface area contributed by atoms with E-state index in [1.165, 1.54) is 5.56 Å². The van der Waals surface area contributed by atoms with Crippen molar-refractivity contribution in [3.63, 3.8) is 0 Å². The number of nitrogen functional groups attached to an aromatic ring is 2. The Morgan fingerprint density at radius 1 is 0.947 bits per heavy atom. The van der Waals surface area contributed by atoms with Gasteiger partial charge in [0.25, 0.3) is 0 Å². The monoisotopic (exact) mass is 249 g/mol. The molecule has 0 bridgehead atoms. The van der Waals surface area contributed by atoms with E-state index in [0.29, 0.717) is 11.5 Å². The van der Waals surface area contributed by atoms with Crippen LogP contribution in [0.1, 0.15) is 11.1 Å². The number of pyridine rings is 1. The van der Waals surface area contributed by atoms with Gasteiger partial charge in [0.05, 0.1) is 11.1 Å². The van der Waals surface area contributed by atoms with E-state index in [-0.39, 0.29) is 5.95 Å². The molecule has 5 heteroatoms. The molecule has 0 amide bonds. The average molecular weight is 249 g/mol.